The molecule has 0 saturated heterocycles. The highest BCUT2D eigenvalue weighted by atomic mass is 32.1. The quantitative estimate of drug-likeness (QED) is 0.659. The van der Waals surface area contributed by atoms with Gasteiger partial charge in [-0.2, -0.15) is 0 Å². The van der Waals surface area contributed by atoms with Crippen molar-refractivity contribution < 1.29 is 9.53 Å². The Bertz CT molecular complexity index is 423. The lowest BCUT2D eigenvalue weighted by Gasteiger charge is -2.29. The molecule has 0 aliphatic carbocycles. The third-order valence-corrected chi connectivity index (χ3v) is 3.20. The molecule has 0 amide bonds. The number of rotatable bonds is 5. The number of carbonyl (C=O) groups excluding carboxylic acids is 1. The molecule has 1 atom stereocenters. The van der Waals surface area contributed by atoms with Crippen LogP contribution in [-0.2, 0) is 16.1 Å². The number of ether oxygens (including phenoxy) is 1. The van der Waals surface area contributed by atoms with E-state index in [-0.39, 0.29) is 5.97 Å². The number of nitrogens with one attached hydrogen (secondary N) is 1. The van der Waals surface area contributed by atoms with Gasteiger partial charge in [-0.15, -0.1) is 0 Å². The highest BCUT2D eigenvalue weighted by Crippen LogP contribution is 2.10. The molecule has 104 valence electrons. The van der Waals surface area contributed by atoms with Gasteiger partial charge in [0.2, 0.25) is 0 Å². The third-order valence-electron chi connectivity index (χ3n) is 2.77. The smallest absolute Gasteiger partial charge is 0.328 e. The van der Waals surface area contributed by atoms with Gasteiger partial charge in [-0.25, -0.2) is 4.79 Å². The summed E-state index contributed by atoms with van der Waals surface area (Å²) in [5.41, 5.74) is 1.09. The van der Waals surface area contributed by atoms with Crippen molar-refractivity contribution >= 4 is 23.3 Å². The minimum atomic E-state index is -0.417. The molecule has 0 radical (unpaired) electrons. The lowest BCUT2D eigenvalue weighted by molar-refractivity contribution is -0.147. The molecule has 1 aromatic carbocycles. The van der Waals surface area contributed by atoms with Crippen molar-refractivity contribution in [3.05, 3.63) is 35.9 Å². The van der Waals surface area contributed by atoms with Gasteiger partial charge in [0, 0.05) is 13.6 Å². The molecule has 1 aromatic rings. The maximum atomic E-state index is 11.8. The second kappa shape index (κ2) is 7.74. The van der Waals surface area contributed by atoms with E-state index < -0.39 is 6.04 Å². The molecular formula is C14H20N2O2S. The maximum Gasteiger partial charge on any atom is 0.328 e. The molecule has 4 nitrogen and oxygen atoms in total. The summed E-state index contributed by atoms with van der Waals surface area (Å²) < 4.78 is 5.05. The van der Waals surface area contributed by atoms with Crippen LogP contribution in [0, 0.1) is 0 Å². The van der Waals surface area contributed by atoms with E-state index in [4.69, 9.17) is 17.0 Å². The normalized spacial score (nSPS) is 11.5. The fourth-order valence-corrected chi connectivity index (χ4v) is 1.92. The lowest BCUT2D eigenvalue weighted by atomic mass is 10.2. The zero-order valence-corrected chi connectivity index (χ0v) is 12.4. The van der Waals surface area contributed by atoms with E-state index in [9.17, 15) is 4.79 Å². The second-order valence-corrected chi connectivity index (χ2v) is 4.48. The minimum absolute atomic E-state index is 0.268. The van der Waals surface area contributed by atoms with Crippen molar-refractivity contribution in [3.63, 3.8) is 0 Å². The summed E-state index contributed by atoms with van der Waals surface area (Å²) in [7, 11) is 1.75. The first-order valence-electron chi connectivity index (χ1n) is 6.29. The molecular weight excluding hydrogens is 260 g/mol. The zero-order chi connectivity index (χ0) is 14.3. The SMILES string of the molecule is CCOC(=O)C(C)N(Cc1ccccc1)C(=S)NC. The van der Waals surface area contributed by atoms with Crippen LogP contribution in [-0.4, -0.2) is 35.7 Å². The molecule has 0 bridgehead atoms. The van der Waals surface area contributed by atoms with Crippen molar-refractivity contribution in [2.24, 2.45) is 0 Å². The lowest BCUT2D eigenvalue weighted by Crippen LogP contribution is -2.47. The van der Waals surface area contributed by atoms with Gasteiger partial charge in [0.1, 0.15) is 6.04 Å². The molecule has 0 aliphatic rings. The van der Waals surface area contributed by atoms with Gasteiger partial charge in [0.25, 0.3) is 0 Å². The van der Waals surface area contributed by atoms with Crippen LogP contribution in [0.5, 0.6) is 0 Å². The summed E-state index contributed by atoms with van der Waals surface area (Å²) in [5, 5.41) is 3.44. The first-order chi connectivity index (χ1) is 9.10. The zero-order valence-electron chi connectivity index (χ0n) is 11.6. The number of esters is 1. The van der Waals surface area contributed by atoms with Gasteiger partial charge in [0.15, 0.2) is 5.11 Å². The van der Waals surface area contributed by atoms with Gasteiger partial charge in [-0.05, 0) is 31.6 Å². The Hall–Kier alpha value is -1.62. The van der Waals surface area contributed by atoms with E-state index in [1.54, 1.807) is 20.9 Å². The number of hydrogen-bond acceptors (Lipinski definition) is 3. The van der Waals surface area contributed by atoms with Crippen molar-refractivity contribution in [3.8, 4) is 0 Å². The Morgan fingerprint density at radius 2 is 2.05 bits per heavy atom. The van der Waals surface area contributed by atoms with Crippen LogP contribution in [0.15, 0.2) is 30.3 Å². The highest BCUT2D eigenvalue weighted by Gasteiger charge is 2.24. The van der Waals surface area contributed by atoms with Crippen LogP contribution >= 0.6 is 12.2 Å². The van der Waals surface area contributed by atoms with E-state index in [1.807, 2.05) is 35.2 Å². The number of carbonyl (C=O) groups is 1. The second-order valence-electron chi connectivity index (χ2n) is 4.10. The van der Waals surface area contributed by atoms with Crippen LogP contribution < -0.4 is 5.32 Å². The molecule has 5 heteroatoms. The first-order valence-corrected chi connectivity index (χ1v) is 6.69. The van der Waals surface area contributed by atoms with Gasteiger partial charge in [-0.3, -0.25) is 0 Å². The van der Waals surface area contributed by atoms with Crippen molar-refractivity contribution in [2.45, 2.75) is 26.4 Å². The topological polar surface area (TPSA) is 41.6 Å². The standard InChI is InChI=1S/C14H20N2O2S/c1-4-18-13(17)11(2)16(14(19)15-3)10-12-8-6-5-7-9-12/h5-9,11H,4,10H2,1-3H3,(H,15,19). The molecule has 0 aliphatic heterocycles. The molecule has 0 spiro atoms. The molecule has 0 aromatic heterocycles. The van der Waals surface area contributed by atoms with Crippen LogP contribution in [0.2, 0.25) is 0 Å². The van der Waals surface area contributed by atoms with Crippen LogP contribution in [0.3, 0.4) is 0 Å². The highest BCUT2D eigenvalue weighted by molar-refractivity contribution is 7.80. The van der Waals surface area contributed by atoms with Crippen molar-refractivity contribution in [1.29, 1.82) is 0 Å². The third kappa shape index (κ3) is 4.52. The fraction of sp³-hybridized carbons (Fsp3) is 0.429. The van der Waals surface area contributed by atoms with E-state index >= 15 is 0 Å². The average molecular weight is 280 g/mol. The minimum Gasteiger partial charge on any atom is -0.464 e. The number of nitrogens with zero attached hydrogens (tertiary/aromatic N) is 1. The Kier molecular flexibility index (Phi) is 6.29. The van der Waals surface area contributed by atoms with E-state index in [0.717, 1.165) is 5.56 Å². The molecule has 19 heavy (non-hydrogen) atoms. The van der Waals surface area contributed by atoms with E-state index in [2.05, 4.69) is 5.32 Å². The molecule has 1 rings (SSSR count). The predicted octanol–water partition coefficient (Wildman–Crippen LogP) is 1.94. The summed E-state index contributed by atoms with van der Waals surface area (Å²) >= 11 is 5.26. The summed E-state index contributed by atoms with van der Waals surface area (Å²) in [5.74, 6) is -0.268. The molecule has 1 N–H and O–H groups in total. The summed E-state index contributed by atoms with van der Waals surface area (Å²) in [4.78, 5) is 13.7. The largest absolute Gasteiger partial charge is 0.464 e. The van der Waals surface area contributed by atoms with Gasteiger partial charge >= 0.3 is 5.97 Å². The molecule has 1 unspecified atom stereocenters. The van der Waals surface area contributed by atoms with Crippen molar-refractivity contribution in [1.82, 2.24) is 10.2 Å². The molecule has 0 fully saturated rings. The van der Waals surface area contributed by atoms with Gasteiger partial charge < -0.3 is 15.0 Å². The summed E-state index contributed by atoms with van der Waals surface area (Å²) in [6, 6.07) is 9.47. The fourth-order valence-electron chi connectivity index (χ4n) is 1.70. The summed E-state index contributed by atoms with van der Waals surface area (Å²) in [6.45, 7) is 4.53. The van der Waals surface area contributed by atoms with Crippen LogP contribution in [0.4, 0.5) is 0 Å². The molecule has 0 saturated carbocycles. The number of thiocarbonyl (C=S) groups is 1. The Morgan fingerprint density at radius 1 is 1.42 bits per heavy atom. The predicted molar refractivity (Wildman–Crippen MR) is 79.7 cm³/mol. The monoisotopic (exact) mass is 280 g/mol. The van der Waals surface area contributed by atoms with Gasteiger partial charge in [0.05, 0.1) is 6.61 Å². The van der Waals surface area contributed by atoms with E-state index in [0.29, 0.717) is 18.3 Å². The Morgan fingerprint density at radius 3 is 2.58 bits per heavy atom. The Labute approximate surface area is 119 Å². The Balaban J connectivity index is 2.83. The number of benzene rings is 1. The van der Waals surface area contributed by atoms with E-state index in [1.165, 1.54) is 0 Å². The molecule has 0 heterocycles. The maximum absolute atomic E-state index is 11.8. The van der Waals surface area contributed by atoms with Crippen molar-refractivity contribution in [2.75, 3.05) is 13.7 Å². The summed E-state index contributed by atoms with van der Waals surface area (Å²) in [6.07, 6.45) is 0. The average Bonchev–Trinajstić information content (AvgIpc) is 2.44. The number of hydrogen-bond donors (Lipinski definition) is 1. The van der Waals surface area contributed by atoms with Crippen LogP contribution in [0.1, 0.15) is 19.4 Å². The van der Waals surface area contributed by atoms with Crippen LogP contribution in [0.25, 0.3) is 0 Å². The van der Waals surface area contributed by atoms with Gasteiger partial charge in [-0.1, -0.05) is 30.3 Å². The first kappa shape index (κ1) is 15.4.